The topological polar surface area (TPSA) is 16.4 Å². The molecule has 2 nitrogen and oxygen atoms in total. The summed E-state index contributed by atoms with van der Waals surface area (Å²) in [5, 5.41) is 9.81. The highest BCUT2D eigenvalue weighted by Crippen LogP contribution is 2.65. The Morgan fingerprint density at radius 1 is 0.293 bits per heavy atom. The summed E-state index contributed by atoms with van der Waals surface area (Å²) in [6, 6.07) is 89.9. The minimum absolute atomic E-state index is 0.0353. The van der Waals surface area contributed by atoms with E-state index in [-0.39, 0.29) is 5.41 Å². The van der Waals surface area contributed by atoms with Gasteiger partial charge in [0.15, 0.2) is 0 Å². The number of hydrogen-bond donors (Lipinski definition) is 0. The molecule has 1 saturated carbocycles. The largest absolute Gasteiger partial charge is 0.455 e. The van der Waals surface area contributed by atoms with Crippen molar-refractivity contribution < 1.29 is 4.42 Å². The summed E-state index contributed by atoms with van der Waals surface area (Å²) in [6.07, 6.45) is 6.19. The van der Waals surface area contributed by atoms with Crippen molar-refractivity contribution in [2.75, 3.05) is 4.90 Å². The monoisotopic (exact) mass is 955 g/mol. The average Bonchev–Trinajstić information content (AvgIpc) is 4.34. The van der Waals surface area contributed by atoms with Gasteiger partial charge in [-0.2, -0.15) is 0 Å². The summed E-state index contributed by atoms with van der Waals surface area (Å²) in [5.74, 6) is 0. The first-order valence-corrected chi connectivity index (χ1v) is 27.0. The normalized spacial score (nSPS) is 15.1. The van der Waals surface area contributed by atoms with E-state index in [1.807, 2.05) is 0 Å². The van der Waals surface area contributed by atoms with Gasteiger partial charge in [-0.05, 0) is 154 Å². The van der Waals surface area contributed by atoms with Crippen LogP contribution in [0.5, 0.6) is 0 Å². The van der Waals surface area contributed by atoms with Crippen molar-refractivity contribution in [3.8, 4) is 44.5 Å². The van der Waals surface area contributed by atoms with Gasteiger partial charge < -0.3 is 9.32 Å². The van der Waals surface area contributed by atoms with Crippen molar-refractivity contribution in [2.24, 2.45) is 0 Å². The van der Waals surface area contributed by atoms with Gasteiger partial charge in [0.05, 0.1) is 11.1 Å². The quantitative estimate of drug-likeness (QED) is 0.163. The molecule has 0 aliphatic heterocycles. The van der Waals surface area contributed by atoms with Crippen LogP contribution in [0.25, 0.3) is 98.8 Å². The van der Waals surface area contributed by atoms with Crippen LogP contribution in [-0.2, 0) is 10.8 Å². The minimum atomic E-state index is -0.549. The molecule has 1 fully saturated rings. The van der Waals surface area contributed by atoms with E-state index in [2.05, 4.69) is 241 Å². The standard InChI is InChI=1S/C73H49NO/c1-16-39-72(40-17-1)63-30-11-6-25-54(63)60-42-46(36-38-64(60)72)74(45-35-37-51-49-21-3-2-19-47(49)48-20-4-5-22-50(48)59(51)41-45)69-44-68-61(43-62(69)58-29-18-28-57-56-27-10-15-34-70(56)75-71(57)58)55-26-9-14-33-67(55)73(68)65-31-12-7-23-52(65)53-24-8-13-32-66(53)73/h2-15,18-38,41-44H,1,16-17,39-40H2. The zero-order valence-corrected chi connectivity index (χ0v) is 41.4. The molecule has 0 bridgehead atoms. The van der Waals surface area contributed by atoms with Crippen LogP contribution < -0.4 is 4.90 Å². The van der Waals surface area contributed by atoms with Crippen LogP contribution in [0.1, 0.15) is 65.5 Å². The van der Waals surface area contributed by atoms with Crippen LogP contribution in [0, 0.1) is 0 Å². The lowest BCUT2D eigenvalue weighted by Gasteiger charge is -2.36. The predicted molar refractivity (Wildman–Crippen MR) is 312 cm³/mol. The fourth-order valence-corrected chi connectivity index (χ4v) is 15.2. The van der Waals surface area contributed by atoms with Crippen LogP contribution in [0.4, 0.5) is 17.1 Å². The lowest BCUT2D eigenvalue weighted by molar-refractivity contribution is 0.353. The number of furan rings is 1. The second-order valence-corrected chi connectivity index (χ2v) is 21.7. The average molecular weight is 956 g/mol. The third-order valence-corrected chi connectivity index (χ3v) is 18.3. The van der Waals surface area contributed by atoms with Gasteiger partial charge >= 0.3 is 0 Å². The molecular weight excluding hydrogens is 907 g/mol. The van der Waals surface area contributed by atoms with Crippen LogP contribution >= 0.6 is 0 Å². The molecule has 4 aliphatic carbocycles. The Bertz CT molecular complexity index is 4520. The first-order valence-electron chi connectivity index (χ1n) is 27.0. The van der Waals surface area contributed by atoms with Crippen molar-refractivity contribution in [1.29, 1.82) is 0 Å². The summed E-state index contributed by atoms with van der Waals surface area (Å²) in [7, 11) is 0. The van der Waals surface area contributed by atoms with E-state index in [4.69, 9.17) is 4.42 Å². The molecule has 75 heavy (non-hydrogen) atoms. The number of benzene rings is 12. The first kappa shape index (κ1) is 41.5. The maximum Gasteiger partial charge on any atom is 0.143 e. The van der Waals surface area contributed by atoms with Gasteiger partial charge in [0.2, 0.25) is 0 Å². The van der Waals surface area contributed by atoms with Crippen molar-refractivity contribution in [3.63, 3.8) is 0 Å². The third kappa shape index (κ3) is 5.43. The van der Waals surface area contributed by atoms with Crippen molar-refractivity contribution in [3.05, 3.63) is 270 Å². The molecule has 1 aromatic heterocycles. The molecule has 0 N–H and O–H groups in total. The molecule has 17 rings (SSSR count). The predicted octanol–water partition coefficient (Wildman–Crippen LogP) is 19.8. The summed E-state index contributed by atoms with van der Waals surface area (Å²) in [4.78, 5) is 2.61. The summed E-state index contributed by atoms with van der Waals surface area (Å²) in [5.41, 5.74) is 22.9. The summed E-state index contributed by atoms with van der Waals surface area (Å²) >= 11 is 0. The number of anilines is 3. The van der Waals surface area contributed by atoms with Gasteiger partial charge in [0.25, 0.3) is 0 Å². The molecule has 0 amide bonds. The number of nitrogens with zero attached hydrogens (tertiary/aromatic N) is 1. The van der Waals surface area contributed by atoms with Crippen LogP contribution in [-0.4, -0.2) is 0 Å². The maximum absolute atomic E-state index is 7.05. The molecular formula is C73H49NO. The second-order valence-electron chi connectivity index (χ2n) is 21.7. The molecule has 2 spiro atoms. The Balaban J connectivity index is 1.03. The zero-order chi connectivity index (χ0) is 49.0. The van der Waals surface area contributed by atoms with Gasteiger partial charge in [-0.25, -0.2) is 0 Å². The number of hydrogen-bond acceptors (Lipinski definition) is 2. The number of rotatable bonds is 4. The highest BCUT2D eigenvalue weighted by atomic mass is 16.3. The van der Waals surface area contributed by atoms with E-state index in [0.717, 1.165) is 50.1 Å². The molecule has 352 valence electrons. The van der Waals surface area contributed by atoms with Gasteiger partial charge in [0.1, 0.15) is 11.2 Å². The van der Waals surface area contributed by atoms with Gasteiger partial charge in [0, 0.05) is 38.7 Å². The van der Waals surface area contributed by atoms with E-state index >= 15 is 0 Å². The third-order valence-electron chi connectivity index (χ3n) is 18.3. The van der Waals surface area contributed by atoms with Crippen molar-refractivity contribution >= 4 is 71.3 Å². The number of fused-ring (bicyclic) bond motifs is 24. The Hall–Kier alpha value is -8.98. The summed E-state index contributed by atoms with van der Waals surface area (Å²) < 4.78 is 7.05. The molecule has 2 heteroatoms. The van der Waals surface area contributed by atoms with Gasteiger partial charge in [-0.1, -0.05) is 213 Å². The SMILES string of the molecule is c1ccc2c(c1)-c1cc(N(c3ccc4c5ccccc5c5ccccc5c4c3)c3cc4c(cc3-c3cccc5c3oc3ccccc35)-c3ccccc3C43c4ccccc4-c4ccccc43)ccc1C21CCCCC1. The van der Waals surface area contributed by atoms with Crippen molar-refractivity contribution in [2.45, 2.75) is 42.9 Å². The van der Waals surface area contributed by atoms with E-state index in [0.29, 0.717) is 0 Å². The molecule has 1 heterocycles. The minimum Gasteiger partial charge on any atom is -0.455 e. The fourth-order valence-electron chi connectivity index (χ4n) is 15.2. The highest BCUT2D eigenvalue weighted by Gasteiger charge is 2.52. The Morgan fingerprint density at radius 3 is 1.43 bits per heavy atom. The van der Waals surface area contributed by atoms with Gasteiger partial charge in [-0.15, -0.1) is 0 Å². The smallest absolute Gasteiger partial charge is 0.143 e. The van der Waals surface area contributed by atoms with Crippen LogP contribution in [0.2, 0.25) is 0 Å². The van der Waals surface area contributed by atoms with Crippen LogP contribution in [0.15, 0.2) is 241 Å². The molecule has 12 aromatic carbocycles. The lowest BCUT2D eigenvalue weighted by Crippen LogP contribution is -2.28. The van der Waals surface area contributed by atoms with E-state index in [1.165, 1.54) is 131 Å². The Morgan fingerprint density at radius 2 is 0.760 bits per heavy atom. The molecule has 13 aromatic rings. The Kier molecular flexibility index (Phi) is 8.46. The van der Waals surface area contributed by atoms with Crippen LogP contribution in [0.3, 0.4) is 0 Å². The lowest BCUT2D eigenvalue weighted by atomic mass is 9.68. The molecule has 0 unspecified atom stereocenters. The molecule has 0 atom stereocenters. The first-order chi connectivity index (χ1) is 37.2. The highest BCUT2D eigenvalue weighted by molar-refractivity contribution is 6.26. The van der Waals surface area contributed by atoms with E-state index < -0.39 is 5.41 Å². The fraction of sp³-hybridized carbons (Fsp3) is 0.0959. The maximum atomic E-state index is 7.05. The van der Waals surface area contributed by atoms with Crippen molar-refractivity contribution in [1.82, 2.24) is 0 Å². The van der Waals surface area contributed by atoms with Gasteiger partial charge in [-0.3, -0.25) is 0 Å². The summed E-state index contributed by atoms with van der Waals surface area (Å²) in [6.45, 7) is 0. The zero-order valence-electron chi connectivity index (χ0n) is 41.4. The Labute approximate surface area is 435 Å². The van der Waals surface area contributed by atoms with E-state index in [9.17, 15) is 0 Å². The molecule has 4 aliphatic rings. The number of para-hydroxylation sites is 2. The second kappa shape index (κ2) is 15.3. The molecule has 0 saturated heterocycles. The van der Waals surface area contributed by atoms with E-state index in [1.54, 1.807) is 0 Å². The molecule has 0 radical (unpaired) electrons.